The number of aryl methyl sites for hydroxylation is 1. The number of carboxylic acids is 1. The lowest BCUT2D eigenvalue weighted by Gasteiger charge is -2.36. The highest BCUT2D eigenvalue weighted by Gasteiger charge is 2.19. The predicted octanol–water partition coefficient (Wildman–Crippen LogP) is 5.23. The van der Waals surface area contributed by atoms with Crippen LogP contribution in [0.3, 0.4) is 0 Å². The zero-order chi connectivity index (χ0) is 22.8. The molecule has 0 radical (unpaired) electrons. The summed E-state index contributed by atoms with van der Waals surface area (Å²) in [6.07, 6.45) is 0. The van der Waals surface area contributed by atoms with Gasteiger partial charge in [0.1, 0.15) is 0 Å². The minimum absolute atomic E-state index is 0.312. The molecular weight excluding hydrogens is 410 g/mol. The molecule has 166 valence electrons. The molecule has 0 aliphatic carbocycles. The Labute approximate surface area is 193 Å². The Morgan fingerprint density at radius 2 is 1.64 bits per heavy atom. The molecule has 5 nitrogen and oxygen atoms in total. The number of benzene rings is 3. The minimum atomic E-state index is -0.900. The van der Waals surface area contributed by atoms with Gasteiger partial charge in [-0.3, -0.25) is 9.88 Å². The van der Waals surface area contributed by atoms with Crippen molar-refractivity contribution >= 4 is 22.6 Å². The maximum atomic E-state index is 11.2. The lowest BCUT2D eigenvalue weighted by molar-refractivity contribution is 0.0697. The van der Waals surface area contributed by atoms with Gasteiger partial charge in [0.2, 0.25) is 0 Å². The number of hydrogen-bond donors (Lipinski definition) is 1. The van der Waals surface area contributed by atoms with Crippen LogP contribution in [0, 0.1) is 6.92 Å². The van der Waals surface area contributed by atoms with Gasteiger partial charge in [-0.1, -0.05) is 54.6 Å². The van der Waals surface area contributed by atoms with Crippen LogP contribution in [0.2, 0.25) is 0 Å². The molecule has 1 aliphatic rings. The molecule has 1 aromatic heterocycles. The van der Waals surface area contributed by atoms with Crippen LogP contribution in [0.5, 0.6) is 0 Å². The first-order valence-electron chi connectivity index (χ1n) is 11.3. The molecule has 3 aromatic carbocycles. The van der Waals surface area contributed by atoms with Crippen LogP contribution in [0.25, 0.3) is 22.0 Å². The van der Waals surface area contributed by atoms with E-state index in [0.29, 0.717) is 5.56 Å². The maximum Gasteiger partial charge on any atom is 0.335 e. The van der Waals surface area contributed by atoms with Crippen LogP contribution in [-0.2, 0) is 6.54 Å². The van der Waals surface area contributed by atoms with Gasteiger partial charge < -0.3 is 10.0 Å². The summed E-state index contributed by atoms with van der Waals surface area (Å²) in [4.78, 5) is 20.9. The summed E-state index contributed by atoms with van der Waals surface area (Å²) in [7, 11) is 0. The van der Waals surface area contributed by atoms with Crippen molar-refractivity contribution < 1.29 is 9.90 Å². The molecule has 33 heavy (non-hydrogen) atoms. The van der Waals surface area contributed by atoms with Gasteiger partial charge in [0.15, 0.2) is 0 Å². The summed E-state index contributed by atoms with van der Waals surface area (Å²) < 4.78 is 0. The van der Waals surface area contributed by atoms with Gasteiger partial charge in [-0.25, -0.2) is 4.79 Å². The molecular formula is C28H27N3O2. The quantitative estimate of drug-likeness (QED) is 0.463. The highest BCUT2D eigenvalue weighted by Crippen LogP contribution is 2.28. The molecule has 0 spiro atoms. The smallest absolute Gasteiger partial charge is 0.335 e. The van der Waals surface area contributed by atoms with Crippen molar-refractivity contribution in [2.45, 2.75) is 13.5 Å². The predicted molar refractivity (Wildman–Crippen MR) is 133 cm³/mol. The highest BCUT2D eigenvalue weighted by atomic mass is 16.4. The molecule has 1 saturated heterocycles. The summed E-state index contributed by atoms with van der Waals surface area (Å²) in [6, 6.07) is 26.1. The van der Waals surface area contributed by atoms with Crippen molar-refractivity contribution in [3.63, 3.8) is 0 Å². The molecule has 1 fully saturated rings. The molecule has 0 bridgehead atoms. The number of rotatable bonds is 5. The van der Waals surface area contributed by atoms with Gasteiger partial charge in [0, 0.05) is 49.5 Å². The summed E-state index contributed by atoms with van der Waals surface area (Å²) in [5.74, 6) is -0.900. The summed E-state index contributed by atoms with van der Waals surface area (Å²) in [6.45, 7) is 6.99. The number of para-hydroxylation sites is 1. The van der Waals surface area contributed by atoms with Crippen LogP contribution in [0.15, 0.2) is 78.9 Å². The van der Waals surface area contributed by atoms with Gasteiger partial charge in [0.25, 0.3) is 0 Å². The number of aromatic carboxylic acids is 1. The molecule has 1 N–H and O–H groups in total. The Bertz CT molecular complexity index is 1290. The van der Waals surface area contributed by atoms with Gasteiger partial charge >= 0.3 is 5.97 Å². The lowest BCUT2D eigenvalue weighted by atomic mass is 10.0. The third kappa shape index (κ3) is 4.59. The van der Waals surface area contributed by atoms with E-state index in [0.717, 1.165) is 55.1 Å². The van der Waals surface area contributed by atoms with E-state index < -0.39 is 5.97 Å². The number of anilines is 1. The van der Waals surface area contributed by atoms with Gasteiger partial charge in [-0.05, 0) is 47.9 Å². The van der Waals surface area contributed by atoms with E-state index in [-0.39, 0.29) is 0 Å². The molecule has 4 aromatic rings. The minimum Gasteiger partial charge on any atom is -0.478 e. The summed E-state index contributed by atoms with van der Waals surface area (Å²) >= 11 is 0. The topological polar surface area (TPSA) is 56.7 Å². The van der Waals surface area contributed by atoms with E-state index in [4.69, 9.17) is 0 Å². The third-order valence-corrected chi connectivity index (χ3v) is 6.34. The number of piperazine rings is 1. The van der Waals surface area contributed by atoms with Crippen LogP contribution < -0.4 is 4.90 Å². The number of carboxylic acid groups (broad SMARTS) is 1. The SMILES string of the molecule is Cc1cc(N2CCN(Cc3ccc(-c4cccc(C(=O)O)c4)cc3)CC2)c2ccccc2n1. The van der Waals surface area contributed by atoms with Crippen molar-refractivity contribution in [2.24, 2.45) is 0 Å². The van der Waals surface area contributed by atoms with Gasteiger partial charge in [-0.15, -0.1) is 0 Å². The monoisotopic (exact) mass is 437 g/mol. The second kappa shape index (κ2) is 9.04. The Hall–Kier alpha value is -3.70. The second-order valence-electron chi connectivity index (χ2n) is 8.65. The molecule has 2 heterocycles. The van der Waals surface area contributed by atoms with Crippen LogP contribution in [0.4, 0.5) is 5.69 Å². The maximum absolute atomic E-state index is 11.2. The largest absolute Gasteiger partial charge is 0.478 e. The Morgan fingerprint density at radius 3 is 2.39 bits per heavy atom. The standard InChI is InChI=1S/C28H27N3O2/c1-20-17-27(25-7-2-3-8-26(25)29-20)31-15-13-30(14-16-31)19-21-9-11-22(12-10-21)23-5-4-6-24(18-23)28(32)33/h2-12,17-18H,13-16,19H2,1H3,(H,32,33). The van der Waals surface area contributed by atoms with E-state index in [2.05, 4.69) is 70.2 Å². The van der Waals surface area contributed by atoms with Crippen LogP contribution in [0.1, 0.15) is 21.6 Å². The number of carbonyl (C=O) groups is 1. The fourth-order valence-corrected chi connectivity index (χ4v) is 4.59. The number of aromatic nitrogens is 1. The van der Waals surface area contributed by atoms with Crippen molar-refractivity contribution in [1.82, 2.24) is 9.88 Å². The van der Waals surface area contributed by atoms with E-state index in [1.807, 2.05) is 12.1 Å². The molecule has 0 amide bonds. The summed E-state index contributed by atoms with van der Waals surface area (Å²) in [5.41, 5.74) is 6.94. The van der Waals surface area contributed by atoms with E-state index in [1.54, 1.807) is 18.2 Å². The van der Waals surface area contributed by atoms with E-state index in [9.17, 15) is 9.90 Å². The fourth-order valence-electron chi connectivity index (χ4n) is 4.59. The van der Waals surface area contributed by atoms with Crippen molar-refractivity contribution in [3.05, 3.63) is 95.7 Å². The first-order valence-corrected chi connectivity index (χ1v) is 11.3. The Balaban J connectivity index is 1.24. The third-order valence-electron chi connectivity index (χ3n) is 6.34. The Morgan fingerprint density at radius 1 is 0.879 bits per heavy atom. The van der Waals surface area contributed by atoms with Gasteiger partial charge in [-0.2, -0.15) is 0 Å². The van der Waals surface area contributed by atoms with E-state index >= 15 is 0 Å². The van der Waals surface area contributed by atoms with Crippen molar-refractivity contribution in [2.75, 3.05) is 31.1 Å². The first kappa shape index (κ1) is 21.2. The normalized spacial score (nSPS) is 14.5. The van der Waals surface area contributed by atoms with Crippen molar-refractivity contribution in [3.8, 4) is 11.1 Å². The molecule has 0 atom stereocenters. The van der Waals surface area contributed by atoms with E-state index in [1.165, 1.54) is 16.6 Å². The van der Waals surface area contributed by atoms with Gasteiger partial charge in [0.05, 0.1) is 11.1 Å². The van der Waals surface area contributed by atoms with Crippen LogP contribution >= 0.6 is 0 Å². The zero-order valence-electron chi connectivity index (χ0n) is 18.7. The van der Waals surface area contributed by atoms with Crippen molar-refractivity contribution in [1.29, 1.82) is 0 Å². The Kier molecular flexibility index (Phi) is 5.80. The lowest BCUT2D eigenvalue weighted by Crippen LogP contribution is -2.46. The first-order chi connectivity index (χ1) is 16.1. The average molecular weight is 438 g/mol. The van der Waals surface area contributed by atoms with Crippen LogP contribution in [-0.4, -0.2) is 47.1 Å². The highest BCUT2D eigenvalue weighted by molar-refractivity contribution is 5.92. The molecule has 1 aliphatic heterocycles. The molecule has 0 saturated carbocycles. The summed E-state index contributed by atoms with van der Waals surface area (Å²) in [5, 5.41) is 10.4. The second-order valence-corrected chi connectivity index (χ2v) is 8.65. The number of hydrogen-bond acceptors (Lipinski definition) is 4. The number of pyridine rings is 1. The molecule has 5 heteroatoms. The fraction of sp³-hybridized carbons (Fsp3) is 0.214. The average Bonchev–Trinajstić information content (AvgIpc) is 2.84. The number of nitrogens with zero attached hydrogens (tertiary/aromatic N) is 3. The molecule has 5 rings (SSSR count). The number of fused-ring (bicyclic) bond motifs is 1. The molecule has 0 unspecified atom stereocenters. The zero-order valence-corrected chi connectivity index (χ0v) is 18.7.